The molecule has 2 aromatic rings. The molecular formula is C8H7N3S. The van der Waals surface area contributed by atoms with E-state index in [2.05, 4.69) is 9.97 Å². The van der Waals surface area contributed by atoms with Crippen molar-refractivity contribution in [3.05, 3.63) is 29.2 Å². The molecule has 2 aromatic heterocycles. The quantitative estimate of drug-likeness (QED) is 0.722. The average molecular weight is 177 g/mol. The van der Waals surface area contributed by atoms with Gasteiger partial charge in [-0.2, -0.15) is 0 Å². The minimum absolute atomic E-state index is 0.675. The van der Waals surface area contributed by atoms with E-state index in [0.29, 0.717) is 5.69 Å². The molecule has 12 heavy (non-hydrogen) atoms. The Morgan fingerprint density at radius 2 is 2.08 bits per heavy atom. The molecule has 4 heteroatoms. The highest BCUT2D eigenvalue weighted by molar-refractivity contribution is 7.07. The van der Waals surface area contributed by atoms with Crippen LogP contribution in [0, 0.1) is 0 Å². The smallest absolute Gasteiger partial charge is 0.0995 e. The first-order chi connectivity index (χ1) is 5.86. The lowest BCUT2D eigenvalue weighted by Gasteiger charge is -1.94. The normalized spacial score (nSPS) is 10.0. The van der Waals surface area contributed by atoms with Gasteiger partial charge in [0.1, 0.15) is 0 Å². The SMILES string of the molecule is Nc1ccc(-c2cscn2)nc1. The fraction of sp³-hybridized carbons (Fsp3) is 0. The molecule has 0 bridgehead atoms. The molecule has 0 aliphatic rings. The van der Waals surface area contributed by atoms with Gasteiger partial charge in [0.2, 0.25) is 0 Å². The van der Waals surface area contributed by atoms with E-state index in [1.165, 1.54) is 0 Å². The Hall–Kier alpha value is -1.42. The molecule has 2 heterocycles. The molecule has 0 aromatic carbocycles. The van der Waals surface area contributed by atoms with Crippen LogP contribution in [-0.2, 0) is 0 Å². The minimum Gasteiger partial charge on any atom is -0.397 e. The van der Waals surface area contributed by atoms with Gasteiger partial charge in [0.05, 0.1) is 28.8 Å². The lowest BCUT2D eigenvalue weighted by Crippen LogP contribution is -1.87. The number of pyridine rings is 1. The molecule has 3 nitrogen and oxygen atoms in total. The highest BCUT2D eigenvalue weighted by Gasteiger charge is 1.98. The highest BCUT2D eigenvalue weighted by atomic mass is 32.1. The number of nitrogen functional groups attached to an aromatic ring is 1. The van der Waals surface area contributed by atoms with E-state index < -0.39 is 0 Å². The summed E-state index contributed by atoms with van der Waals surface area (Å²) in [5, 5.41) is 1.96. The first-order valence-corrected chi connectivity index (χ1v) is 4.40. The summed E-state index contributed by atoms with van der Waals surface area (Å²) in [4.78, 5) is 8.27. The number of nitrogens with two attached hydrogens (primary N) is 1. The molecule has 0 saturated carbocycles. The van der Waals surface area contributed by atoms with Crippen molar-refractivity contribution in [3.63, 3.8) is 0 Å². The van der Waals surface area contributed by atoms with Crippen LogP contribution < -0.4 is 5.73 Å². The number of hydrogen-bond donors (Lipinski definition) is 1. The Balaban J connectivity index is 2.43. The van der Waals surface area contributed by atoms with Crippen LogP contribution in [-0.4, -0.2) is 9.97 Å². The van der Waals surface area contributed by atoms with Gasteiger partial charge in [0, 0.05) is 5.38 Å². The zero-order valence-corrected chi connectivity index (χ0v) is 7.08. The Kier molecular flexibility index (Phi) is 1.75. The fourth-order valence-electron chi connectivity index (χ4n) is 0.896. The van der Waals surface area contributed by atoms with E-state index in [-0.39, 0.29) is 0 Å². The molecule has 0 radical (unpaired) electrons. The molecule has 2 rings (SSSR count). The summed E-state index contributed by atoms with van der Waals surface area (Å²) in [5.41, 5.74) is 9.73. The molecule has 0 unspecified atom stereocenters. The second kappa shape index (κ2) is 2.91. The molecule has 0 aliphatic carbocycles. The Bertz CT molecular complexity index is 352. The van der Waals surface area contributed by atoms with Gasteiger partial charge in [0.25, 0.3) is 0 Å². The molecule has 0 atom stereocenters. The lowest BCUT2D eigenvalue weighted by molar-refractivity contribution is 1.28. The maximum atomic E-state index is 5.50. The highest BCUT2D eigenvalue weighted by Crippen LogP contribution is 2.16. The summed E-state index contributed by atoms with van der Waals surface area (Å²) >= 11 is 1.56. The van der Waals surface area contributed by atoms with Crippen LogP contribution in [0.4, 0.5) is 5.69 Å². The van der Waals surface area contributed by atoms with E-state index in [4.69, 9.17) is 5.73 Å². The molecular weight excluding hydrogens is 170 g/mol. The monoisotopic (exact) mass is 177 g/mol. The number of thiazole rings is 1. The molecule has 0 amide bonds. The van der Waals surface area contributed by atoms with Crippen LogP contribution in [0.15, 0.2) is 29.2 Å². The summed E-state index contributed by atoms with van der Waals surface area (Å²) in [6, 6.07) is 3.69. The minimum atomic E-state index is 0.675. The zero-order valence-electron chi connectivity index (χ0n) is 6.27. The summed E-state index contributed by atoms with van der Waals surface area (Å²) in [5.74, 6) is 0. The van der Waals surface area contributed by atoms with E-state index in [9.17, 15) is 0 Å². The van der Waals surface area contributed by atoms with Crippen LogP contribution in [0.5, 0.6) is 0 Å². The van der Waals surface area contributed by atoms with Gasteiger partial charge in [-0.1, -0.05) is 0 Å². The number of aromatic nitrogens is 2. The topological polar surface area (TPSA) is 51.8 Å². The van der Waals surface area contributed by atoms with E-state index in [1.807, 2.05) is 17.5 Å². The third-order valence-electron chi connectivity index (χ3n) is 1.48. The van der Waals surface area contributed by atoms with Gasteiger partial charge in [0.15, 0.2) is 0 Å². The fourth-order valence-corrected chi connectivity index (χ4v) is 1.44. The van der Waals surface area contributed by atoms with E-state index >= 15 is 0 Å². The van der Waals surface area contributed by atoms with Crippen LogP contribution in [0.3, 0.4) is 0 Å². The zero-order chi connectivity index (χ0) is 8.39. The Labute approximate surface area is 73.9 Å². The van der Waals surface area contributed by atoms with Crippen molar-refractivity contribution in [1.82, 2.24) is 9.97 Å². The maximum Gasteiger partial charge on any atom is 0.0995 e. The van der Waals surface area contributed by atoms with Crippen molar-refractivity contribution in [1.29, 1.82) is 0 Å². The van der Waals surface area contributed by atoms with Crippen LogP contribution in [0.25, 0.3) is 11.4 Å². The summed E-state index contributed by atoms with van der Waals surface area (Å²) in [6.45, 7) is 0. The largest absolute Gasteiger partial charge is 0.397 e. The average Bonchev–Trinajstić information content (AvgIpc) is 2.58. The second-order valence-electron chi connectivity index (χ2n) is 2.35. The standard InChI is InChI=1S/C8H7N3S/c9-6-1-2-7(10-3-6)8-4-12-5-11-8/h1-5H,9H2. The van der Waals surface area contributed by atoms with Gasteiger partial charge in [-0.15, -0.1) is 11.3 Å². The number of rotatable bonds is 1. The molecule has 2 N–H and O–H groups in total. The first-order valence-electron chi connectivity index (χ1n) is 3.46. The number of hydrogen-bond acceptors (Lipinski definition) is 4. The van der Waals surface area contributed by atoms with E-state index in [1.54, 1.807) is 23.0 Å². The van der Waals surface area contributed by atoms with Crippen LogP contribution >= 0.6 is 11.3 Å². The van der Waals surface area contributed by atoms with E-state index in [0.717, 1.165) is 11.4 Å². The molecule has 0 spiro atoms. The van der Waals surface area contributed by atoms with Crippen LogP contribution in [0.2, 0.25) is 0 Å². The summed E-state index contributed by atoms with van der Waals surface area (Å²) in [7, 11) is 0. The van der Waals surface area contributed by atoms with Crippen LogP contribution in [0.1, 0.15) is 0 Å². The Morgan fingerprint density at radius 3 is 2.67 bits per heavy atom. The van der Waals surface area contributed by atoms with Crippen molar-refractivity contribution in [2.24, 2.45) is 0 Å². The third kappa shape index (κ3) is 1.29. The van der Waals surface area contributed by atoms with Gasteiger partial charge in [-0.05, 0) is 12.1 Å². The van der Waals surface area contributed by atoms with Gasteiger partial charge in [-0.3, -0.25) is 4.98 Å². The van der Waals surface area contributed by atoms with Crippen molar-refractivity contribution < 1.29 is 0 Å². The van der Waals surface area contributed by atoms with Crippen molar-refractivity contribution in [3.8, 4) is 11.4 Å². The van der Waals surface area contributed by atoms with Gasteiger partial charge in [-0.25, -0.2) is 4.98 Å². The maximum absolute atomic E-state index is 5.50. The lowest BCUT2D eigenvalue weighted by atomic mass is 10.3. The van der Waals surface area contributed by atoms with Crippen molar-refractivity contribution in [2.45, 2.75) is 0 Å². The van der Waals surface area contributed by atoms with Crippen molar-refractivity contribution in [2.75, 3.05) is 5.73 Å². The first kappa shape index (κ1) is 7.24. The number of nitrogens with zero attached hydrogens (tertiary/aromatic N) is 2. The number of anilines is 1. The summed E-state index contributed by atoms with van der Waals surface area (Å²) in [6.07, 6.45) is 1.63. The molecule has 0 aliphatic heterocycles. The molecule has 0 saturated heterocycles. The predicted octanol–water partition coefficient (Wildman–Crippen LogP) is 1.79. The molecule has 60 valence electrons. The Morgan fingerprint density at radius 1 is 1.17 bits per heavy atom. The molecule has 0 fully saturated rings. The van der Waals surface area contributed by atoms with Gasteiger partial charge >= 0.3 is 0 Å². The van der Waals surface area contributed by atoms with Gasteiger partial charge < -0.3 is 5.73 Å². The predicted molar refractivity (Wildman–Crippen MR) is 49.8 cm³/mol. The third-order valence-corrected chi connectivity index (χ3v) is 2.07. The summed E-state index contributed by atoms with van der Waals surface area (Å²) < 4.78 is 0. The van der Waals surface area contributed by atoms with Crippen molar-refractivity contribution >= 4 is 17.0 Å². The second-order valence-corrected chi connectivity index (χ2v) is 3.07.